The van der Waals surface area contributed by atoms with Crippen molar-refractivity contribution in [3.63, 3.8) is 0 Å². The van der Waals surface area contributed by atoms with Gasteiger partial charge in [-0.2, -0.15) is 5.10 Å². The van der Waals surface area contributed by atoms with Crippen molar-refractivity contribution in [2.45, 2.75) is 19.5 Å². The Morgan fingerprint density at radius 1 is 1.30 bits per heavy atom. The average Bonchev–Trinajstić information content (AvgIpc) is 3.14. The summed E-state index contributed by atoms with van der Waals surface area (Å²) in [6.45, 7) is 3.27. The Balaban J connectivity index is 1.61. The highest BCUT2D eigenvalue weighted by atomic mass is 16.2. The second kappa shape index (κ2) is 5.08. The van der Waals surface area contributed by atoms with E-state index in [2.05, 4.69) is 20.6 Å². The third kappa shape index (κ3) is 2.14. The van der Waals surface area contributed by atoms with Gasteiger partial charge < -0.3 is 9.47 Å². The summed E-state index contributed by atoms with van der Waals surface area (Å²) in [5.41, 5.74) is 0.981. The lowest BCUT2D eigenvalue weighted by Crippen LogP contribution is -2.43. The maximum atomic E-state index is 12.7. The SMILES string of the molecule is CC1c2nncn2CCN1C(=O)Nc1nn(C)c2ccccc12. The van der Waals surface area contributed by atoms with E-state index in [1.807, 2.05) is 42.8 Å². The topological polar surface area (TPSA) is 80.9 Å². The number of nitrogens with zero attached hydrogens (tertiary/aromatic N) is 6. The van der Waals surface area contributed by atoms with Gasteiger partial charge in [0.25, 0.3) is 0 Å². The first kappa shape index (κ1) is 13.7. The number of urea groups is 1. The van der Waals surface area contributed by atoms with Gasteiger partial charge in [0, 0.05) is 25.5 Å². The van der Waals surface area contributed by atoms with Crippen LogP contribution in [0.15, 0.2) is 30.6 Å². The van der Waals surface area contributed by atoms with E-state index in [-0.39, 0.29) is 12.1 Å². The van der Waals surface area contributed by atoms with E-state index in [1.165, 1.54) is 0 Å². The molecule has 23 heavy (non-hydrogen) atoms. The molecule has 8 heteroatoms. The van der Waals surface area contributed by atoms with Crippen LogP contribution in [0.3, 0.4) is 0 Å². The summed E-state index contributed by atoms with van der Waals surface area (Å²) in [5.74, 6) is 1.38. The fraction of sp³-hybridized carbons (Fsp3) is 0.333. The Hall–Kier alpha value is -2.90. The molecule has 1 atom stereocenters. The van der Waals surface area contributed by atoms with Gasteiger partial charge in [-0.3, -0.25) is 10.00 Å². The van der Waals surface area contributed by atoms with E-state index in [0.29, 0.717) is 18.9 Å². The maximum absolute atomic E-state index is 12.7. The molecule has 1 aromatic carbocycles. The van der Waals surface area contributed by atoms with E-state index in [4.69, 9.17) is 0 Å². The van der Waals surface area contributed by atoms with Crippen LogP contribution in [0.1, 0.15) is 18.8 Å². The minimum absolute atomic E-state index is 0.124. The van der Waals surface area contributed by atoms with Crippen molar-refractivity contribution in [3.8, 4) is 0 Å². The van der Waals surface area contributed by atoms with Gasteiger partial charge in [0.1, 0.15) is 6.33 Å². The number of hydrogen-bond donors (Lipinski definition) is 1. The molecular weight excluding hydrogens is 294 g/mol. The van der Waals surface area contributed by atoms with Crippen LogP contribution >= 0.6 is 0 Å². The molecular formula is C15H17N7O. The summed E-state index contributed by atoms with van der Waals surface area (Å²) in [6, 6.07) is 7.52. The quantitative estimate of drug-likeness (QED) is 0.742. The minimum atomic E-state index is -0.171. The van der Waals surface area contributed by atoms with E-state index < -0.39 is 0 Å². The highest BCUT2D eigenvalue weighted by Gasteiger charge is 2.29. The van der Waals surface area contributed by atoms with Crippen LogP contribution in [0.25, 0.3) is 10.9 Å². The maximum Gasteiger partial charge on any atom is 0.323 e. The number of fused-ring (bicyclic) bond motifs is 2. The number of anilines is 1. The third-order valence-corrected chi connectivity index (χ3v) is 4.31. The Bertz CT molecular complexity index is 881. The number of hydrogen-bond acceptors (Lipinski definition) is 4. The zero-order valence-corrected chi connectivity index (χ0v) is 13.0. The molecule has 118 valence electrons. The molecule has 1 N–H and O–H groups in total. The molecule has 1 unspecified atom stereocenters. The minimum Gasteiger partial charge on any atom is -0.314 e. The van der Waals surface area contributed by atoms with Crippen LogP contribution in [0.2, 0.25) is 0 Å². The van der Waals surface area contributed by atoms with Crippen molar-refractivity contribution >= 4 is 22.8 Å². The normalized spacial score (nSPS) is 17.3. The fourth-order valence-electron chi connectivity index (χ4n) is 3.06. The largest absolute Gasteiger partial charge is 0.323 e. The molecule has 0 spiro atoms. The Morgan fingerprint density at radius 3 is 3.00 bits per heavy atom. The molecule has 2 aromatic heterocycles. The molecule has 1 aliphatic rings. The zero-order valence-electron chi connectivity index (χ0n) is 13.0. The van der Waals surface area contributed by atoms with E-state index in [9.17, 15) is 4.79 Å². The number of benzene rings is 1. The number of rotatable bonds is 1. The van der Waals surface area contributed by atoms with Gasteiger partial charge in [-0.15, -0.1) is 10.2 Å². The highest BCUT2D eigenvalue weighted by molar-refractivity contribution is 5.99. The highest BCUT2D eigenvalue weighted by Crippen LogP contribution is 2.26. The smallest absolute Gasteiger partial charge is 0.314 e. The van der Waals surface area contributed by atoms with Crippen LogP contribution < -0.4 is 5.32 Å². The summed E-state index contributed by atoms with van der Waals surface area (Å²) in [4.78, 5) is 14.4. The van der Waals surface area contributed by atoms with Gasteiger partial charge in [-0.25, -0.2) is 4.79 Å². The van der Waals surface area contributed by atoms with Crippen molar-refractivity contribution in [2.75, 3.05) is 11.9 Å². The number of aromatic nitrogens is 5. The number of aryl methyl sites for hydroxylation is 1. The van der Waals surface area contributed by atoms with Gasteiger partial charge in [0.15, 0.2) is 11.6 Å². The van der Waals surface area contributed by atoms with Crippen molar-refractivity contribution in [1.82, 2.24) is 29.4 Å². The zero-order chi connectivity index (χ0) is 16.0. The first-order valence-corrected chi connectivity index (χ1v) is 7.52. The molecule has 0 saturated carbocycles. The number of carbonyl (C=O) groups is 1. The second-order valence-electron chi connectivity index (χ2n) is 5.67. The monoisotopic (exact) mass is 311 g/mol. The lowest BCUT2D eigenvalue weighted by Gasteiger charge is -2.32. The first-order chi connectivity index (χ1) is 11.1. The Kier molecular flexibility index (Phi) is 3.03. The van der Waals surface area contributed by atoms with Gasteiger partial charge in [-0.1, -0.05) is 12.1 Å². The third-order valence-electron chi connectivity index (χ3n) is 4.31. The molecule has 0 saturated heterocycles. The molecule has 8 nitrogen and oxygen atoms in total. The van der Waals surface area contributed by atoms with Gasteiger partial charge in [0.05, 0.1) is 11.6 Å². The average molecular weight is 311 g/mol. The summed E-state index contributed by atoms with van der Waals surface area (Å²) in [5, 5.41) is 16.3. The number of carbonyl (C=O) groups excluding carboxylic acids is 1. The van der Waals surface area contributed by atoms with Crippen LogP contribution in [0.5, 0.6) is 0 Å². The fourth-order valence-corrected chi connectivity index (χ4v) is 3.06. The van der Waals surface area contributed by atoms with Crippen LogP contribution in [0, 0.1) is 0 Å². The molecule has 3 heterocycles. The van der Waals surface area contributed by atoms with E-state index in [0.717, 1.165) is 16.7 Å². The molecule has 0 fully saturated rings. The van der Waals surface area contributed by atoms with Crippen molar-refractivity contribution in [3.05, 3.63) is 36.4 Å². The molecule has 1 aliphatic heterocycles. The van der Waals surface area contributed by atoms with Gasteiger partial charge in [0.2, 0.25) is 0 Å². The van der Waals surface area contributed by atoms with Gasteiger partial charge in [-0.05, 0) is 19.1 Å². The van der Waals surface area contributed by atoms with Crippen molar-refractivity contribution in [2.24, 2.45) is 7.05 Å². The molecule has 0 radical (unpaired) electrons. The molecule has 3 aromatic rings. The first-order valence-electron chi connectivity index (χ1n) is 7.52. The van der Waals surface area contributed by atoms with Crippen LogP contribution in [-0.2, 0) is 13.6 Å². The van der Waals surface area contributed by atoms with Crippen LogP contribution in [-0.4, -0.2) is 42.0 Å². The predicted octanol–water partition coefficient (Wildman–Crippen LogP) is 1.77. The summed E-state index contributed by atoms with van der Waals surface area (Å²) < 4.78 is 3.74. The lowest BCUT2D eigenvalue weighted by molar-refractivity contribution is 0.172. The lowest BCUT2D eigenvalue weighted by atomic mass is 10.2. The number of para-hydroxylation sites is 1. The standard InChI is InChI=1S/C15H17N7O/c1-10-14-18-16-9-21(14)7-8-22(10)15(23)17-13-11-5-3-4-6-12(11)20(2)19-13/h3-6,9-10H,7-8H2,1-2H3,(H,17,19,23). The summed E-state index contributed by atoms with van der Waals surface area (Å²) >= 11 is 0. The molecule has 0 bridgehead atoms. The molecule has 4 rings (SSSR count). The van der Waals surface area contributed by atoms with E-state index >= 15 is 0 Å². The van der Waals surface area contributed by atoms with E-state index in [1.54, 1.807) is 15.9 Å². The van der Waals surface area contributed by atoms with Crippen molar-refractivity contribution in [1.29, 1.82) is 0 Å². The predicted molar refractivity (Wildman–Crippen MR) is 84.9 cm³/mol. The van der Waals surface area contributed by atoms with Crippen LogP contribution in [0.4, 0.5) is 10.6 Å². The summed E-state index contributed by atoms with van der Waals surface area (Å²) in [6.07, 6.45) is 1.70. The Labute approximate surface area is 132 Å². The summed E-state index contributed by atoms with van der Waals surface area (Å²) in [7, 11) is 1.87. The molecule has 2 amide bonds. The second-order valence-corrected chi connectivity index (χ2v) is 5.67. The number of nitrogens with one attached hydrogen (secondary N) is 1. The molecule has 0 aliphatic carbocycles. The van der Waals surface area contributed by atoms with Gasteiger partial charge >= 0.3 is 6.03 Å². The van der Waals surface area contributed by atoms with Crippen molar-refractivity contribution < 1.29 is 4.79 Å². The Morgan fingerprint density at radius 2 is 2.13 bits per heavy atom. The number of amides is 2.